The van der Waals surface area contributed by atoms with Crippen LogP contribution in [0, 0.1) is 0 Å². The van der Waals surface area contributed by atoms with Crippen LogP contribution in [0.3, 0.4) is 0 Å². The van der Waals surface area contributed by atoms with Gasteiger partial charge in [0.05, 0.1) is 21.3 Å². The maximum atomic E-state index is 11.5. The molecule has 0 unspecified atom stereocenters. The van der Waals surface area contributed by atoms with Gasteiger partial charge in [0.25, 0.3) is 0 Å². The van der Waals surface area contributed by atoms with E-state index in [9.17, 15) is 4.79 Å². The smallest absolute Gasteiger partial charge is 0.246 e. The first-order valence-corrected chi connectivity index (χ1v) is 6.29. The van der Waals surface area contributed by atoms with Crippen molar-refractivity contribution < 1.29 is 23.7 Å². The highest BCUT2D eigenvalue weighted by atomic mass is 16.5. The van der Waals surface area contributed by atoms with Crippen molar-refractivity contribution in [3.63, 3.8) is 0 Å². The molecule has 0 spiro atoms. The number of carbonyl (C=O) groups is 1. The fraction of sp³-hybridized carbons (Fsp3) is 0.500. The summed E-state index contributed by atoms with van der Waals surface area (Å²) in [5.74, 6) is 1.47. The standard InChI is InChI=1S/C14H21NO5/c1-5-20-9-13(16)15-8-10-6-11(17-2)14(19-4)12(7-10)18-3/h6-7H,5,8-9H2,1-4H3,(H,15,16). The fourth-order valence-corrected chi connectivity index (χ4v) is 1.68. The molecule has 6 heteroatoms. The van der Waals surface area contributed by atoms with Gasteiger partial charge in [0.2, 0.25) is 11.7 Å². The molecular weight excluding hydrogens is 262 g/mol. The number of hydrogen-bond donors (Lipinski definition) is 1. The van der Waals surface area contributed by atoms with Gasteiger partial charge in [-0.3, -0.25) is 4.79 Å². The van der Waals surface area contributed by atoms with Crippen LogP contribution in [0.4, 0.5) is 0 Å². The van der Waals surface area contributed by atoms with Crippen LogP contribution in [0.15, 0.2) is 12.1 Å². The molecule has 0 aromatic heterocycles. The van der Waals surface area contributed by atoms with E-state index < -0.39 is 0 Å². The van der Waals surface area contributed by atoms with Gasteiger partial charge in [-0.15, -0.1) is 0 Å². The van der Waals surface area contributed by atoms with E-state index >= 15 is 0 Å². The molecule has 0 bridgehead atoms. The van der Waals surface area contributed by atoms with E-state index in [1.54, 1.807) is 33.5 Å². The van der Waals surface area contributed by atoms with E-state index in [0.717, 1.165) is 5.56 Å². The molecule has 20 heavy (non-hydrogen) atoms. The Bertz CT molecular complexity index is 422. The highest BCUT2D eigenvalue weighted by Crippen LogP contribution is 2.38. The molecule has 0 saturated heterocycles. The van der Waals surface area contributed by atoms with Crippen LogP contribution in [0.25, 0.3) is 0 Å². The first kappa shape index (κ1) is 16.1. The summed E-state index contributed by atoms with van der Waals surface area (Å²) < 4.78 is 20.8. The molecule has 0 atom stereocenters. The fourth-order valence-electron chi connectivity index (χ4n) is 1.68. The average Bonchev–Trinajstić information content (AvgIpc) is 2.49. The van der Waals surface area contributed by atoms with Crippen molar-refractivity contribution in [3.8, 4) is 17.2 Å². The minimum atomic E-state index is -0.166. The van der Waals surface area contributed by atoms with Crippen molar-refractivity contribution in [1.29, 1.82) is 0 Å². The Labute approximate surface area is 119 Å². The molecule has 1 aromatic carbocycles. The predicted molar refractivity (Wildman–Crippen MR) is 74.4 cm³/mol. The van der Waals surface area contributed by atoms with Crippen molar-refractivity contribution in [2.45, 2.75) is 13.5 Å². The van der Waals surface area contributed by atoms with Crippen LogP contribution >= 0.6 is 0 Å². The monoisotopic (exact) mass is 283 g/mol. The average molecular weight is 283 g/mol. The first-order valence-electron chi connectivity index (χ1n) is 6.29. The molecule has 1 N–H and O–H groups in total. The third-order valence-electron chi connectivity index (χ3n) is 2.65. The second-order valence-electron chi connectivity index (χ2n) is 3.95. The molecule has 112 valence electrons. The Hall–Kier alpha value is -1.95. The molecule has 6 nitrogen and oxygen atoms in total. The lowest BCUT2D eigenvalue weighted by Crippen LogP contribution is -2.27. The number of ether oxygens (including phenoxy) is 4. The molecule has 0 aliphatic carbocycles. The zero-order valence-electron chi connectivity index (χ0n) is 12.3. The van der Waals surface area contributed by atoms with Crippen LogP contribution in [0.1, 0.15) is 12.5 Å². The lowest BCUT2D eigenvalue weighted by Gasteiger charge is -2.14. The maximum Gasteiger partial charge on any atom is 0.246 e. The van der Waals surface area contributed by atoms with Crippen molar-refractivity contribution >= 4 is 5.91 Å². The van der Waals surface area contributed by atoms with E-state index in [4.69, 9.17) is 18.9 Å². The Morgan fingerprint density at radius 1 is 1.10 bits per heavy atom. The van der Waals surface area contributed by atoms with Gasteiger partial charge in [-0.2, -0.15) is 0 Å². The lowest BCUT2D eigenvalue weighted by atomic mass is 10.1. The molecule has 0 saturated carbocycles. The van der Waals surface area contributed by atoms with E-state index in [1.807, 2.05) is 6.92 Å². The van der Waals surface area contributed by atoms with Crippen molar-refractivity contribution in [1.82, 2.24) is 5.32 Å². The van der Waals surface area contributed by atoms with Crippen molar-refractivity contribution in [3.05, 3.63) is 17.7 Å². The first-order chi connectivity index (χ1) is 9.65. The topological polar surface area (TPSA) is 66.0 Å². The van der Waals surface area contributed by atoms with Gasteiger partial charge in [0.15, 0.2) is 11.5 Å². The van der Waals surface area contributed by atoms with E-state index in [2.05, 4.69) is 5.32 Å². The normalized spacial score (nSPS) is 10.0. The van der Waals surface area contributed by atoms with Crippen LogP contribution in [0.5, 0.6) is 17.2 Å². The molecule has 0 heterocycles. The third kappa shape index (κ3) is 4.31. The SMILES string of the molecule is CCOCC(=O)NCc1cc(OC)c(OC)c(OC)c1. The van der Waals surface area contributed by atoms with Gasteiger partial charge >= 0.3 is 0 Å². The summed E-state index contributed by atoms with van der Waals surface area (Å²) in [7, 11) is 4.65. The molecular formula is C14H21NO5. The summed E-state index contributed by atoms with van der Waals surface area (Å²) in [6.45, 7) is 2.77. The Kier molecular flexibility index (Phi) is 6.66. The lowest BCUT2D eigenvalue weighted by molar-refractivity contribution is -0.125. The number of amides is 1. The summed E-state index contributed by atoms with van der Waals surface area (Å²) in [5, 5.41) is 2.76. The number of benzene rings is 1. The van der Waals surface area contributed by atoms with Crippen LogP contribution < -0.4 is 19.5 Å². The van der Waals surface area contributed by atoms with Crippen LogP contribution in [-0.2, 0) is 16.1 Å². The van der Waals surface area contributed by atoms with Gasteiger partial charge < -0.3 is 24.3 Å². The van der Waals surface area contributed by atoms with Gasteiger partial charge in [0.1, 0.15) is 6.61 Å². The quantitative estimate of drug-likeness (QED) is 0.780. The molecule has 0 aliphatic heterocycles. The largest absolute Gasteiger partial charge is 0.493 e. The summed E-state index contributed by atoms with van der Waals surface area (Å²) >= 11 is 0. The summed E-state index contributed by atoms with van der Waals surface area (Å²) in [5.41, 5.74) is 0.851. The molecule has 0 aliphatic rings. The number of hydrogen-bond acceptors (Lipinski definition) is 5. The summed E-state index contributed by atoms with van der Waals surface area (Å²) in [4.78, 5) is 11.5. The molecule has 0 radical (unpaired) electrons. The van der Waals surface area contributed by atoms with Crippen LogP contribution in [0.2, 0.25) is 0 Å². The Morgan fingerprint density at radius 2 is 1.70 bits per heavy atom. The third-order valence-corrected chi connectivity index (χ3v) is 2.65. The van der Waals surface area contributed by atoms with Gasteiger partial charge in [-0.05, 0) is 24.6 Å². The zero-order valence-corrected chi connectivity index (χ0v) is 12.3. The van der Waals surface area contributed by atoms with Gasteiger partial charge in [-0.25, -0.2) is 0 Å². The van der Waals surface area contributed by atoms with E-state index in [-0.39, 0.29) is 12.5 Å². The number of carbonyl (C=O) groups excluding carboxylic acids is 1. The van der Waals surface area contributed by atoms with Crippen LogP contribution in [-0.4, -0.2) is 40.5 Å². The number of nitrogens with one attached hydrogen (secondary N) is 1. The Morgan fingerprint density at radius 3 is 2.15 bits per heavy atom. The van der Waals surface area contributed by atoms with Crippen molar-refractivity contribution in [2.24, 2.45) is 0 Å². The second kappa shape index (κ2) is 8.27. The minimum Gasteiger partial charge on any atom is -0.493 e. The number of methoxy groups -OCH3 is 3. The molecule has 0 fully saturated rings. The van der Waals surface area contributed by atoms with Crippen molar-refractivity contribution in [2.75, 3.05) is 34.5 Å². The molecule has 1 aromatic rings. The summed E-state index contributed by atoms with van der Waals surface area (Å²) in [6, 6.07) is 3.59. The molecule has 1 amide bonds. The highest BCUT2D eigenvalue weighted by Gasteiger charge is 2.13. The predicted octanol–water partition coefficient (Wildman–Crippen LogP) is 1.37. The van der Waals surface area contributed by atoms with Gasteiger partial charge in [0, 0.05) is 13.2 Å². The maximum absolute atomic E-state index is 11.5. The van der Waals surface area contributed by atoms with Gasteiger partial charge in [-0.1, -0.05) is 0 Å². The zero-order chi connectivity index (χ0) is 15.0. The van der Waals surface area contributed by atoms with E-state index in [1.165, 1.54) is 0 Å². The highest BCUT2D eigenvalue weighted by molar-refractivity contribution is 5.77. The molecule has 1 rings (SSSR count). The minimum absolute atomic E-state index is 0.0565. The second-order valence-corrected chi connectivity index (χ2v) is 3.95. The Balaban J connectivity index is 2.78. The number of rotatable bonds is 8. The van der Waals surface area contributed by atoms with E-state index in [0.29, 0.717) is 30.4 Å². The summed E-state index contributed by atoms with van der Waals surface area (Å²) in [6.07, 6.45) is 0.